The number of hydrogen-bond donors (Lipinski definition) is 2. The Hall–Kier alpha value is -3.51. The first-order valence-electron chi connectivity index (χ1n) is 11.3. The quantitative estimate of drug-likeness (QED) is 0.508. The molecule has 2 aliphatic rings. The van der Waals surface area contributed by atoms with Crippen LogP contribution in [0.1, 0.15) is 39.4 Å². The van der Waals surface area contributed by atoms with E-state index in [4.69, 9.17) is 21.1 Å². The van der Waals surface area contributed by atoms with Crippen LogP contribution in [0.4, 0.5) is 0 Å². The Balaban J connectivity index is 1.21. The number of aliphatic carboxylic acids is 1. The number of fused-ring (bicyclic) bond motifs is 2. The van der Waals surface area contributed by atoms with Crippen LogP contribution in [-0.2, 0) is 17.6 Å². The number of carboxylic acids is 1. The van der Waals surface area contributed by atoms with Gasteiger partial charge in [-0.05, 0) is 66.6 Å². The highest BCUT2D eigenvalue weighted by molar-refractivity contribution is 6.32. The first kappa shape index (κ1) is 22.3. The van der Waals surface area contributed by atoms with Crippen LogP contribution in [0.2, 0.25) is 5.02 Å². The zero-order valence-corrected chi connectivity index (χ0v) is 19.2. The second-order valence-corrected chi connectivity index (χ2v) is 9.14. The molecule has 1 aliphatic heterocycles. The van der Waals surface area contributed by atoms with Crippen LogP contribution >= 0.6 is 11.6 Å². The van der Waals surface area contributed by atoms with Crippen LogP contribution < -0.4 is 14.8 Å². The lowest BCUT2D eigenvalue weighted by atomic mass is 9.93. The number of carbonyl (C=O) groups is 2. The summed E-state index contributed by atoms with van der Waals surface area (Å²) in [5, 5.41) is 12.8. The normalized spacial score (nSPS) is 16.8. The van der Waals surface area contributed by atoms with Gasteiger partial charge in [0, 0.05) is 23.7 Å². The number of amides is 1. The smallest absolute Gasteiger partial charge is 0.311 e. The monoisotopic (exact) mass is 477 g/mol. The minimum atomic E-state index is -0.902. The predicted molar refractivity (Wildman–Crippen MR) is 128 cm³/mol. The number of nitrogens with one attached hydrogen (secondary N) is 1. The van der Waals surface area contributed by atoms with Gasteiger partial charge in [-0.1, -0.05) is 35.9 Å². The summed E-state index contributed by atoms with van der Waals surface area (Å²) in [6.07, 6.45) is 2.37. The summed E-state index contributed by atoms with van der Waals surface area (Å²) in [4.78, 5) is 24.1. The molecule has 5 rings (SSSR count). The third-order valence-electron chi connectivity index (χ3n) is 6.43. The number of benzene rings is 3. The third-order valence-corrected chi connectivity index (χ3v) is 6.73. The van der Waals surface area contributed by atoms with Gasteiger partial charge in [0.25, 0.3) is 5.91 Å². The van der Waals surface area contributed by atoms with Crippen molar-refractivity contribution < 1.29 is 24.2 Å². The van der Waals surface area contributed by atoms with E-state index in [9.17, 15) is 14.7 Å². The molecule has 0 bridgehead atoms. The maximum Gasteiger partial charge on any atom is 0.311 e. The van der Waals surface area contributed by atoms with E-state index in [1.807, 2.05) is 0 Å². The van der Waals surface area contributed by atoms with Gasteiger partial charge in [0.1, 0.15) is 17.2 Å². The van der Waals surface area contributed by atoms with Crippen LogP contribution in [0.25, 0.3) is 0 Å². The summed E-state index contributed by atoms with van der Waals surface area (Å²) in [6, 6.07) is 18.5. The van der Waals surface area contributed by atoms with Crippen molar-refractivity contribution in [2.75, 3.05) is 13.2 Å². The fourth-order valence-electron chi connectivity index (χ4n) is 4.66. The third kappa shape index (κ3) is 4.59. The Morgan fingerprint density at radius 1 is 1.06 bits per heavy atom. The van der Waals surface area contributed by atoms with Gasteiger partial charge >= 0.3 is 5.97 Å². The molecule has 0 saturated carbocycles. The molecule has 34 heavy (non-hydrogen) atoms. The van der Waals surface area contributed by atoms with Crippen molar-refractivity contribution in [1.29, 1.82) is 0 Å². The second kappa shape index (κ2) is 9.39. The molecule has 1 atom stereocenters. The van der Waals surface area contributed by atoms with Gasteiger partial charge in [-0.15, -0.1) is 0 Å². The number of rotatable bonds is 6. The summed E-state index contributed by atoms with van der Waals surface area (Å²) in [7, 11) is 0. The molecule has 0 saturated heterocycles. The van der Waals surface area contributed by atoms with E-state index in [1.54, 1.807) is 36.4 Å². The molecule has 0 fully saturated rings. The van der Waals surface area contributed by atoms with E-state index >= 15 is 0 Å². The van der Waals surface area contributed by atoms with Crippen LogP contribution in [-0.4, -0.2) is 30.1 Å². The van der Waals surface area contributed by atoms with E-state index in [2.05, 4.69) is 29.6 Å². The molecule has 0 aromatic heterocycles. The standard InChI is InChI=1S/C27H24ClNO5/c28-23-13-22-21(27(31)32)9-10-33-24(22)14-25(23)34-20-7-5-17(6-8-20)26(30)29-15-16-11-18-3-1-2-4-19(18)12-16/h1-8,13-14,16,21H,9-12,15H2,(H,29,30)(H,31,32). The SMILES string of the molecule is O=C(NCC1Cc2ccccc2C1)c1ccc(Oc2cc3c(cc2Cl)C(C(=O)O)CCO3)cc1. The van der Waals surface area contributed by atoms with Gasteiger partial charge in [0.05, 0.1) is 17.5 Å². The van der Waals surface area contributed by atoms with Crippen LogP contribution in [0.3, 0.4) is 0 Å². The van der Waals surface area contributed by atoms with Gasteiger partial charge in [-0.3, -0.25) is 9.59 Å². The predicted octanol–water partition coefficient (Wildman–Crippen LogP) is 5.23. The summed E-state index contributed by atoms with van der Waals surface area (Å²) >= 11 is 6.36. The largest absolute Gasteiger partial charge is 0.493 e. The second-order valence-electron chi connectivity index (χ2n) is 8.73. The van der Waals surface area contributed by atoms with Gasteiger partial charge in [-0.2, -0.15) is 0 Å². The Morgan fingerprint density at radius 3 is 2.44 bits per heavy atom. The van der Waals surface area contributed by atoms with Gasteiger partial charge in [-0.25, -0.2) is 0 Å². The number of hydrogen-bond acceptors (Lipinski definition) is 4. The fraction of sp³-hybridized carbons (Fsp3) is 0.259. The van der Waals surface area contributed by atoms with E-state index < -0.39 is 11.9 Å². The highest BCUT2D eigenvalue weighted by Crippen LogP contribution is 2.41. The lowest BCUT2D eigenvalue weighted by Crippen LogP contribution is -2.29. The van der Waals surface area contributed by atoms with Crippen LogP contribution in [0, 0.1) is 5.92 Å². The molecule has 6 nitrogen and oxygen atoms in total. The van der Waals surface area contributed by atoms with Crippen molar-refractivity contribution in [3.8, 4) is 17.2 Å². The van der Waals surface area contributed by atoms with E-state index in [1.165, 1.54) is 11.1 Å². The topological polar surface area (TPSA) is 84.9 Å². The van der Waals surface area contributed by atoms with Crippen LogP contribution in [0.5, 0.6) is 17.2 Å². The van der Waals surface area contributed by atoms with E-state index in [0.717, 1.165) is 12.8 Å². The molecule has 1 amide bonds. The molecule has 1 heterocycles. The lowest BCUT2D eigenvalue weighted by Gasteiger charge is -2.24. The van der Waals surface area contributed by atoms with Crippen molar-refractivity contribution >= 4 is 23.5 Å². The maximum absolute atomic E-state index is 12.6. The maximum atomic E-state index is 12.6. The number of carbonyl (C=O) groups excluding carboxylic acids is 1. The minimum Gasteiger partial charge on any atom is -0.493 e. The van der Waals surface area contributed by atoms with E-state index in [-0.39, 0.29) is 5.91 Å². The molecular weight excluding hydrogens is 454 g/mol. The zero-order chi connectivity index (χ0) is 23.7. The molecule has 1 aliphatic carbocycles. The van der Waals surface area contributed by atoms with Crippen molar-refractivity contribution in [1.82, 2.24) is 5.32 Å². The Bertz CT molecular complexity index is 1220. The lowest BCUT2D eigenvalue weighted by molar-refractivity contribution is -0.139. The molecular formula is C27H24ClNO5. The van der Waals surface area contributed by atoms with Crippen molar-refractivity contribution in [3.63, 3.8) is 0 Å². The average molecular weight is 478 g/mol. The Kier molecular flexibility index (Phi) is 6.16. The first-order valence-corrected chi connectivity index (χ1v) is 11.7. The number of halogens is 1. The molecule has 0 radical (unpaired) electrons. The van der Waals surface area contributed by atoms with E-state index in [0.29, 0.717) is 58.9 Å². The molecule has 2 N–H and O–H groups in total. The molecule has 7 heteroatoms. The molecule has 3 aromatic rings. The first-order chi connectivity index (χ1) is 16.5. The van der Waals surface area contributed by atoms with Crippen molar-refractivity contribution in [2.45, 2.75) is 25.2 Å². The Morgan fingerprint density at radius 2 is 1.76 bits per heavy atom. The van der Waals surface area contributed by atoms with Crippen molar-refractivity contribution in [2.24, 2.45) is 5.92 Å². The summed E-state index contributed by atoms with van der Waals surface area (Å²) < 4.78 is 11.5. The zero-order valence-electron chi connectivity index (χ0n) is 18.4. The molecule has 3 aromatic carbocycles. The highest BCUT2D eigenvalue weighted by Gasteiger charge is 2.29. The minimum absolute atomic E-state index is 0.123. The number of ether oxygens (including phenoxy) is 2. The summed E-state index contributed by atoms with van der Waals surface area (Å²) in [5.41, 5.74) is 3.83. The Labute approximate surface area is 202 Å². The van der Waals surface area contributed by atoms with Crippen molar-refractivity contribution in [3.05, 3.63) is 87.9 Å². The number of carboxylic acid groups (broad SMARTS) is 1. The molecule has 174 valence electrons. The van der Waals surface area contributed by atoms with Gasteiger partial charge in [0.15, 0.2) is 0 Å². The average Bonchev–Trinajstić information content (AvgIpc) is 3.26. The fourth-order valence-corrected chi connectivity index (χ4v) is 4.87. The molecule has 1 unspecified atom stereocenters. The molecule has 0 spiro atoms. The van der Waals surface area contributed by atoms with Gasteiger partial charge < -0.3 is 19.9 Å². The summed E-state index contributed by atoms with van der Waals surface area (Å²) in [6.45, 7) is 0.954. The van der Waals surface area contributed by atoms with Gasteiger partial charge in [0.2, 0.25) is 0 Å². The summed E-state index contributed by atoms with van der Waals surface area (Å²) in [5.74, 6) is 0.0791. The van der Waals surface area contributed by atoms with Crippen LogP contribution in [0.15, 0.2) is 60.7 Å². The highest BCUT2D eigenvalue weighted by atomic mass is 35.5.